The van der Waals surface area contributed by atoms with E-state index in [0.29, 0.717) is 5.75 Å². The van der Waals surface area contributed by atoms with Crippen LogP contribution in [0.1, 0.15) is 31.4 Å². The molecule has 1 aliphatic rings. The molecule has 5 nitrogen and oxygen atoms in total. The molecule has 3 aromatic rings. The fraction of sp³-hybridized carbons (Fsp3) is 0.364. The van der Waals surface area contributed by atoms with Crippen LogP contribution in [0, 0.1) is 6.92 Å². The first-order valence-electron chi connectivity index (χ1n) is 9.98. The van der Waals surface area contributed by atoms with Gasteiger partial charge in [0.15, 0.2) is 0 Å². The van der Waals surface area contributed by atoms with E-state index in [-0.39, 0.29) is 5.91 Å². The quantitative estimate of drug-likeness (QED) is 0.535. The van der Waals surface area contributed by atoms with Gasteiger partial charge in [0.05, 0.1) is 16.3 Å². The number of thioether (sulfide) groups is 1. The van der Waals surface area contributed by atoms with Gasteiger partial charge in [-0.3, -0.25) is 4.79 Å². The average molecular weight is 425 g/mol. The first-order valence-corrected chi connectivity index (χ1v) is 11.8. The Balaban J connectivity index is 1.40. The molecule has 4 rings (SSSR count). The SMILES string of the molecule is Cc1nc(-c2ccccc2)sc1-c1ccc(SCC(=O)N2CCCCCC2)nn1. The zero-order valence-corrected chi connectivity index (χ0v) is 18.1. The molecule has 1 saturated heterocycles. The Hall–Kier alpha value is -2.25. The number of amides is 1. The van der Waals surface area contributed by atoms with Crippen molar-refractivity contribution < 1.29 is 4.79 Å². The molecule has 0 spiro atoms. The van der Waals surface area contributed by atoms with E-state index in [0.717, 1.165) is 57.8 Å². The van der Waals surface area contributed by atoms with E-state index in [2.05, 4.69) is 22.3 Å². The van der Waals surface area contributed by atoms with Gasteiger partial charge in [-0.25, -0.2) is 4.98 Å². The number of benzene rings is 1. The smallest absolute Gasteiger partial charge is 0.232 e. The van der Waals surface area contributed by atoms with Crippen molar-refractivity contribution in [2.24, 2.45) is 0 Å². The molecule has 0 N–H and O–H groups in total. The summed E-state index contributed by atoms with van der Waals surface area (Å²) in [5.41, 5.74) is 2.89. The molecule has 1 fully saturated rings. The fourth-order valence-electron chi connectivity index (χ4n) is 3.40. The lowest BCUT2D eigenvalue weighted by atomic mass is 10.2. The molecule has 0 atom stereocenters. The van der Waals surface area contributed by atoms with E-state index in [9.17, 15) is 4.79 Å². The van der Waals surface area contributed by atoms with Crippen LogP contribution < -0.4 is 0 Å². The van der Waals surface area contributed by atoms with Crippen LogP contribution in [0.25, 0.3) is 21.1 Å². The van der Waals surface area contributed by atoms with Crippen molar-refractivity contribution in [2.75, 3.05) is 18.8 Å². The Kier molecular flexibility index (Phi) is 6.56. The predicted molar refractivity (Wildman–Crippen MR) is 119 cm³/mol. The maximum absolute atomic E-state index is 12.4. The Morgan fingerprint density at radius 3 is 2.48 bits per heavy atom. The highest BCUT2D eigenvalue weighted by molar-refractivity contribution is 7.99. The molecule has 0 bridgehead atoms. The Morgan fingerprint density at radius 2 is 1.79 bits per heavy atom. The summed E-state index contributed by atoms with van der Waals surface area (Å²) in [5.74, 6) is 0.625. The third-order valence-electron chi connectivity index (χ3n) is 4.99. The Labute approximate surface area is 179 Å². The summed E-state index contributed by atoms with van der Waals surface area (Å²) < 4.78 is 0. The van der Waals surface area contributed by atoms with Crippen molar-refractivity contribution in [1.82, 2.24) is 20.1 Å². The van der Waals surface area contributed by atoms with Crippen LogP contribution in [-0.4, -0.2) is 44.8 Å². The van der Waals surface area contributed by atoms with Crippen LogP contribution in [0.4, 0.5) is 0 Å². The van der Waals surface area contributed by atoms with E-state index in [1.54, 1.807) is 11.3 Å². The summed E-state index contributed by atoms with van der Waals surface area (Å²) in [6, 6.07) is 14.1. The average Bonchev–Trinajstić information content (AvgIpc) is 2.96. The van der Waals surface area contributed by atoms with Crippen LogP contribution in [0.5, 0.6) is 0 Å². The van der Waals surface area contributed by atoms with Gasteiger partial charge in [-0.2, -0.15) is 0 Å². The number of likely N-dealkylation sites (tertiary alicyclic amines) is 1. The maximum Gasteiger partial charge on any atom is 0.232 e. The van der Waals surface area contributed by atoms with E-state index in [1.165, 1.54) is 24.6 Å². The lowest BCUT2D eigenvalue weighted by molar-refractivity contribution is -0.128. The molecular formula is C22H24N4OS2. The second kappa shape index (κ2) is 9.50. The van der Waals surface area contributed by atoms with Gasteiger partial charge in [0.1, 0.15) is 15.7 Å². The van der Waals surface area contributed by atoms with Crippen LogP contribution in [0.15, 0.2) is 47.5 Å². The van der Waals surface area contributed by atoms with Gasteiger partial charge in [0.25, 0.3) is 0 Å². The minimum Gasteiger partial charge on any atom is -0.342 e. The molecule has 29 heavy (non-hydrogen) atoms. The summed E-state index contributed by atoms with van der Waals surface area (Å²) >= 11 is 3.09. The normalized spacial score (nSPS) is 14.6. The van der Waals surface area contributed by atoms with Gasteiger partial charge in [0.2, 0.25) is 5.91 Å². The molecule has 150 valence electrons. The number of rotatable bonds is 5. The third kappa shape index (κ3) is 5.03. The second-order valence-corrected chi connectivity index (χ2v) is 9.13. The summed E-state index contributed by atoms with van der Waals surface area (Å²) in [6.07, 6.45) is 4.69. The number of thiazole rings is 1. The van der Waals surface area contributed by atoms with Crippen LogP contribution in [0.2, 0.25) is 0 Å². The van der Waals surface area contributed by atoms with E-state index >= 15 is 0 Å². The summed E-state index contributed by atoms with van der Waals surface area (Å²) in [4.78, 5) is 20.2. The van der Waals surface area contributed by atoms with Crippen molar-refractivity contribution in [3.05, 3.63) is 48.2 Å². The molecule has 0 radical (unpaired) electrons. The van der Waals surface area contributed by atoms with Crippen molar-refractivity contribution in [3.63, 3.8) is 0 Å². The van der Waals surface area contributed by atoms with Crippen LogP contribution >= 0.6 is 23.1 Å². The molecular weight excluding hydrogens is 400 g/mol. The van der Waals surface area contributed by atoms with Crippen LogP contribution in [-0.2, 0) is 4.79 Å². The van der Waals surface area contributed by atoms with Gasteiger partial charge < -0.3 is 4.90 Å². The van der Waals surface area contributed by atoms with Crippen molar-refractivity contribution in [2.45, 2.75) is 37.6 Å². The number of aromatic nitrogens is 3. The van der Waals surface area contributed by atoms with Crippen LogP contribution in [0.3, 0.4) is 0 Å². The molecule has 1 aliphatic heterocycles. The molecule has 7 heteroatoms. The highest BCUT2D eigenvalue weighted by Gasteiger charge is 2.17. The molecule has 1 amide bonds. The third-order valence-corrected chi connectivity index (χ3v) is 7.13. The first kappa shape index (κ1) is 20.0. The lowest BCUT2D eigenvalue weighted by Crippen LogP contribution is -2.33. The minimum absolute atomic E-state index is 0.202. The molecule has 0 saturated carbocycles. The van der Waals surface area contributed by atoms with Gasteiger partial charge in [0, 0.05) is 18.7 Å². The standard InChI is InChI=1S/C22H24N4OS2/c1-16-21(29-22(23-16)17-9-5-4-6-10-17)18-11-12-19(25-24-18)28-15-20(27)26-13-7-2-3-8-14-26/h4-6,9-12H,2-3,7-8,13-15H2,1H3. The fourth-order valence-corrected chi connectivity index (χ4v) is 5.16. The number of hydrogen-bond acceptors (Lipinski definition) is 6. The number of carbonyl (C=O) groups is 1. The molecule has 0 aliphatic carbocycles. The lowest BCUT2D eigenvalue weighted by Gasteiger charge is -2.19. The van der Waals surface area contributed by atoms with E-state index < -0.39 is 0 Å². The van der Waals surface area contributed by atoms with Gasteiger partial charge >= 0.3 is 0 Å². The summed E-state index contributed by atoms with van der Waals surface area (Å²) in [5, 5.41) is 10.5. The highest BCUT2D eigenvalue weighted by Crippen LogP contribution is 2.34. The minimum atomic E-state index is 0.202. The number of nitrogens with zero attached hydrogens (tertiary/aromatic N) is 4. The molecule has 1 aromatic carbocycles. The van der Waals surface area contributed by atoms with Crippen molar-refractivity contribution in [3.8, 4) is 21.1 Å². The zero-order valence-electron chi connectivity index (χ0n) is 16.5. The number of aryl methyl sites for hydroxylation is 1. The molecule has 3 heterocycles. The second-order valence-electron chi connectivity index (χ2n) is 7.14. The van der Waals surface area contributed by atoms with E-state index in [1.807, 2.05) is 42.2 Å². The number of hydrogen-bond donors (Lipinski definition) is 0. The van der Waals surface area contributed by atoms with Gasteiger partial charge in [-0.05, 0) is 31.9 Å². The van der Waals surface area contributed by atoms with E-state index in [4.69, 9.17) is 4.98 Å². The zero-order chi connectivity index (χ0) is 20.1. The number of carbonyl (C=O) groups excluding carboxylic acids is 1. The summed E-state index contributed by atoms with van der Waals surface area (Å²) in [6.45, 7) is 3.78. The highest BCUT2D eigenvalue weighted by atomic mass is 32.2. The van der Waals surface area contributed by atoms with Gasteiger partial charge in [-0.15, -0.1) is 21.5 Å². The van der Waals surface area contributed by atoms with Crippen molar-refractivity contribution in [1.29, 1.82) is 0 Å². The monoisotopic (exact) mass is 424 g/mol. The largest absolute Gasteiger partial charge is 0.342 e. The molecule has 2 aromatic heterocycles. The van der Waals surface area contributed by atoms with Gasteiger partial charge in [-0.1, -0.05) is 54.9 Å². The molecule has 0 unspecified atom stereocenters. The summed E-state index contributed by atoms with van der Waals surface area (Å²) in [7, 11) is 0. The Bertz CT molecular complexity index is 949. The Morgan fingerprint density at radius 1 is 1.03 bits per heavy atom. The topological polar surface area (TPSA) is 59.0 Å². The first-order chi connectivity index (χ1) is 14.2. The maximum atomic E-state index is 12.4. The predicted octanol–water partition coefficient (Wildman–Crippen LogP) is 5.07. The van der Waals surface area contributed by atoms with Crippen molar-refractivity contribution >= 4 is 29.0 Å².